The van der Waals surface area contributed by atoms with Gasteiger partial charge in [-0.05, 0) is 32.1 Å². The Morgan fingerprint density at radius 3 is 0.983 bits per heavy atom. The van der Waals surface area contributed by atoms with Crippen LogP contribution in [0.15, 0.2) is 12.2 Å². The Labute approximate surface area is 359 Å². The third-order valence-corrected chi connectivity index (χ3v) is 9.66. The zero-order valence-corrected chi connectivity index (χ0v) is 38.9. The molecule has 0 saturated carbocycles. The van der Waals surface area contributed by atoms with Gasteiger partial charge in [0.15, 0.2) is 0 Å². The van der Waals surface area contributed by atoms with Crippen molar-refractivity contribution in [3.8, 4) is 0 Å². The molecule has 0 spiro atoms. The van der Waals surface area contributed by atoms with Crippen molar-refractivity contribution in [2.75, 3.05) is 173 Å². The molecule has 0 aliphatic rings. The van der Waals surface area contributed by atoms with Gasteiger partial charge in [0.1, 0.15) is 13.2 Å². The first kappa shape index (κ1) is 58.4. The second-order valence-corrected chi connectivity index (χ2v) is 16.7. The maximum atomic E-state index is 11.8. The summed E-state index contributed by atoms with van der Waals surface area (Å²) in [4.78, 5) is 9.64. The molecule has 1 unspecified atom stereocenters. The van der Waals surface area contributed by atoms with Crippen molar-refractivity contribution >= 4 is 7.82 Å². The van der Waals surface area contributed by atoms with Crippen molar-refractivity contribution in [1.82, 2.24) is 0 Å². The minimum absolute atomic E-state index is 0.0415. The summed E-state index contributed by atoms with van der Waals surface area (Å²) in [6, 6.07) is 0. The van der Waals surface area contributed by atoms with Gasteiger partial charge in [-0.2, -0.15) is 0 Å². The van der Waals surface area contributed by atoms with Crippen LogP contribution in [-0.2, 0) is 61.0 Å². The summed E-state index contributed by atoms with van der Waals surface area (Å²) in [5.74, 6) is 0. The monoisotopic (exact) mass is 875 g/mol. The number of rotatable bonds is 51. The van der Waals surface area contributed by atoms with E-state index >= 15 is 0 Å². The molecule has 0 aromatic carbocycles. The van der Waals surface area contributed by atoms with Crippen LogP contribution in [0.3, 0.4) is 0 Å². The van der Waals surface area contributed by atoms with Gasteiger partial charge >= 0.3 is 7.82 Å². The number of allylic oxidation sites excluding steroid dienone is 2. The standard InChI is InChI=1S/C43H88NO14P/c1-5-6-7-8-9-10-11-12-13-14-15-16-17-18-19-20-22-47-24-25-48-26-27-49-28-29-50-30-31-51-32-33-52-34-35-53-36-37-54-38-39-55-40-41-56-42-43-58-59(45,46)57-23-21-44(2,3)4/h12-13H,5-11,14-43H2,1-4H3/p+1/b13-12-. The average molecular weight is 875 g/mol. The molecule has 0 aromatic rings. The van der Waals surface area contributed by atoms with Gasteiger partial charge in [-0.15, -0.1) is 0 Å². The molecule has 15 nitrogen and oxygen atoms in total. The summed E-state index contributed by atoms with van der Waals surface area (Å²) in [5, 5.41) is 0. The number of nitrogens with zero attached hydrogens (tertiary/aromatic N) is 1. The van der Waals surface area contributed by atoms with E-state index in [2.05, 4.69) is 19.1 Å². The Morgan fingerprint density at radius 2 is 0.644 bits per heavy atom. The molecule has 0 radical (unpaired) electrons. The van der Waals surface area contributed by atoms with Gasteiger partial charge in [0.2, 0.25) is 0 Å². The summed E-state index contributed by atoms with van der Waals surface area (Å²) in [6.45, 7) is 12.8. The van der Waals surface area contributed by atoms with Gasteiger partial charge in [-0.1, -0.05) is 76.9 Å². The molecule has 0 bridgehead atoms. The molecule has 0 aromatic heterocycles. The van der Waals surface area contributed by atoms with Crippen LogP contribution >= 0.6 is 7.82 Å². The van der Waals surface area contributed by atoms with Crippen molar-refractivity contribution in [3.05, 3.63) is 12.2 Å². The fourth-order valence-corrected chi connectivity index (χ4v) is 5.90. The number of unbranched alkanes of at least 4 members (excludes halogenated alkanes) is 12. The first-order chi connectivity index (χ1) is 28.8. The van der Waals surface area contributed by atoms with E-state index in [9.17, 15) is 9.46 Å². The number of phosphoric ester groups is 1. The molecule has 59 heavy (non-hydrogen) atoms. The number of quaternary nitrogens is 1. The zero-order valence-electron chi connectivity index (χ0n) is 38.0. The van der Waals surface area contributed by atoms with Crippen LogP contribution in [0.5, 0.6) is 0 Å². The van der Waals surface area contributed by atoms with Crippen LogP contribution in [0.25, 0.3) is 0 Å². The van der Waals surface area contributed by atoms with Crippen LogP contribution in [-0.4, -0.2) is 182 Å². The summed E-state index contributed by atoms with van der Waals surface area (Å²) in [5.41, 5.74) is 0. The molecule has 0 aliphatic heterocycles. The average Bonchev–Trinajstić information content (AvgIpc) is 3.20. The second-order valence-electron chi connectivity index (χ2n) is 15.2. The van der Waals surface area contributed by atoms with Crippen LogP contribution in [0, 0.1) is 0 Å². The maximum absolute atomic E-state index is 11.8. The lowest BCUT2D eigenvalue weighted by molar-refractivity contribution is -0.870. The van der Waals surface area contributed by atoms with Gasteiger partial charge < -0.3 is 56.7 Å². The van der Waals surface area contributed by atoms with E-state index in [0.717, 1.165) is 13.0 Å². The molecular formula is C43H89NO14P+. The Morgan fingerprint density at radius 1 is 0.373 bits per heavy atom. The molecule has 0 aliphatic carbocycles. The SMILES string of the molecule is CCCCCCCC/C=C\CCCCCCCCOCCOCCOCCOCCOCCOCCOCCOCCOCCOCCOP(=O)(O)OCC[N+](C)(C)C. The molecule has 0 heterocycles. The number of phosphoric acid groups is 1. The van der Waals surface area contributed by atoms with Crippen LogP contribution in [0.4, 0.5) is 0 Å². The summed E-state index contributed by atoms with van der Waals surface area (Å²) in [7, 11) is 1.84. The predicted octanol–water partition coefficient (Wildman–Crippen LogP) is 7.03. The van der Waals surface area contributed by atoms with Crippen molar-refractivity contribution in [3.63, 3.8) is 0 Å². The molecular weight excluding hydrogens is 785 g/mol. The number of hydrogen-bond acceptors (Lipinski definition) is 13. The highest BCUT2D eigenvalue weighted by molar-refractivity contribution is 7.47. The fourth-order valence-electron chi connectivity index (χ4n) is 5.21. The second kappa shape index (κ2) is 46.9. The Bertz CT molecular complexity index is 899. The number of hydrogen-bond donors (Lipinski definition) is 1. The first-order valence-electron chi connectivity index (χ1n) is 22.6. The Hall–Kier alpha value is -0.590. The number of likely N-dealkylation sites (N-methyl/N-ethyl adjacent to an activating group) is 1. The zero-order chi connectivity index (χ0) is 43.1. The molecule has 16 heteroatoms. The molecule has 354 valence electrons. The van der Waals surface area contributed by atoms with Gasteiger partial charge in [0.05, 0.1) is 153 Å². The summed E-state index contributed by atoms with van der Waals surface area (Å²) >= 11 is 0. The molecule has 0 rings (SSSR count). The molecule has 0 saturated heterocycles. The fraction of sp³-hybridized carbons (Fsp3) is 0.953. The van der Waals surface area contributed by atoms with Crippen LogP contribution in [0.2, 0.25) is 0 Å². The molecule has 1 atom stereocenters. The lowest BCUT2D eigenvalue weighted by atomic mass is 10.1. The van der Waals surface area contributed by atoms with Crippen molar-refractivity contribution in [2.45, 2.75) is 96.8 Å². The van der Waals surface area contributed by atoms with E-state index in [1.807, 2.05) is 21.1 Å². The third-order valence-electron chi connectivity index (χ3n) is 8.65. The Kier molecular flexibility index (Phi) is 46.4. The van der Waals surface area contributed by atoms with Crippen LogP contribution in [0.1, 0.15) is 96.8 Å². The molecule has 0 amide bonds. The molecule has 1 N–H and O–H groups in total. The Balaban J connectivity index is 3.15. The highest BCUT2D eigenvalue weighted by atomic mass is 31.2. The van der Waals surface area contributed by atoms with Crippen molar-refractivity contribution in [1.29, 1.82) is 0 Å². The summed E-state index contributed by atoms with van der Waals surface area (Å²) < 4.78 is 77.3. The normalized spacial score (nSPS) is 13.2. The van der Waals surface area contributed by atoms with Crippen molar-refractivity contribution < 1.29 is 70.4 Å². The van der Waals surface area contributed by atoms with Crippen LogP contribution < -0.4 is 0 Å². The quantitative estimate of drug-likeness (QED) is 0.0289. The molecule has 0 fully saturated rings. The van der Waals surface area contributed by atoms with Gasteiger partial charge in [-0.3, -0.25) is 9.05 Å². The van der Waals surface area contributed by atoms with E-state index in [1.165, 1.54) is 83.5 Å². The topological polar surface area (TPSA) is 148 Å². The summed E-state index contributed by atoms with van der Waals surface area (Å²) in [6.07, 6.45) is 23.2. The van der Waals surface area contributed by atoms with Gasteiger partial charge in [0, 0.05) is 6.61 Å². The van der Waals surface area contributed by atoms with Crippen molar-refractivity contribution in [2.24, 2.45) is 0 Å². The number of ether oxygens (including phenoxy) is 10. The predicted molar refractivity (Wildman–Crippen MR) is 232 cm³/mol. The highest BCUT2D eigenvalue weighted by Crippen LogP contribution is 2.42. The smallest absolute Gasteiger partial charge is 0.379 e. The minimum Gasteiger partial charge on any atom is -0.379 e. The van der Waals surface area contributed by atoms with Gasteiger partial charge in [-0.25, -0.2) is 4.57 Å². The van der Waals surface area contributed by atoms with E-state index < -0.39 is 7.82 Å². The third kappa shape index (κ3) is 53.5. The van der Waals surface area contributed by atoms with Gasteiger partial charge in [0.25, 0.3) is 0 Å². The van der Waals surface area contributed by atoms with E-state index in [4.69, 9.17) is 56.4 Å². The lowest BCUT2D eigenvalue weighted by Gasteiger charge is -2.24. The van der Waals surface area contributed by atoms with E-state index in [-0.39, 0.29) is 19.8 Å². The maximum Gasteiger partial charge on any atom is 0.472 e. The lowest BCUT2D eigenvalue weighted by Crippen LogP contribution is -2.37. The van der Waals surface area contributed by atoms with E-state index in [1.54, 1.807) is 0 Å². The largest absolute Gasteiger partial charge is 0.472 e. The first-order valence-corrected chi connectivity index (χ1v) is 24.1. The van der Waals surface area contributed by atoms with E-state index in [0.29, 0.717) is 130 Å². The highest BCUT2D eigenvalue weighted by Gasteiger charge is 2.22. The minimum atomic E-state index is -4.06.